The molecule has 0 aromatic heterocycles. The van der Waals surface area contributed by atoms with Gasteiger partial charge in [-0.1, -0.05) is 36.2 Å². The van der Waals surface area contributed by atoms with Gasteiger partial charge in [0.05, 0.1) is 6.61 Å². The van der Waals surface area contributed by atoms with E-state index in [1.54, 1.807) is 0 Å². The van der Waals surface area contributed by atoms with Crippen LogP contribution >= 0.6 is 15.9 Å². The smallest absolute Gasteiger partial charge is 0.125 e. The molecule has 3 heteroatoms. The second kappa shape index (κ2) is 6.70. The predicted octanol–water partition coefficient (Wildman–Crippen LogP) is 4.34. The van der Waals surface area contributed by atoms with Crippen molar-refractivity contribution in [1.82, 2.24) is 5.32 Å². The van der Waals surface area contributed by atoms with Crippen molar-refractivity contribution in [3.05, 3.63) is 27.7 Å². The van der Waals surface area contributed by atoms with E-state index in [1.807, 2.05) is 0 Å². The van der Waals surface area contributed by atoms with E-state index in [-0.39, 0.29) is 0 Å². The average Bonchev–Trinajstić information content (AvgIpc) is 3.05. The van der Waals surface area contributed by atoms with Crippen molar-refractivity contribution in [2.24, 2.45) is 11.8 Å². The molecule has 1 aromatic rings. The minimum absolute atomic E-state index is 0.588. The summed E-state index contributed by atoms with van der Waals surface area (Å²) in [7, 11) is 0. The fourth-order valence-corrected chi connectivity index (χ4v) is 4.37. The summed E-state index contributed by atoms with van der Waals surface area (Å²) >= 11 is 3.66. The summed E-state index contributed by atoms with van der Waals surface area (Å²) in [6.07, 6.45) is 6.36. The fraction of sp³-hybridized carbons (Fsp3) is 0.667. The lowest BCUT2D eigenvalue weighted by Gasteiger charge is -2.22. The molecule has 0 saturated heterocycles. The molecule has 2 atom stereocenters. The van der Waals surface area contributed by atoms with E-state index in [0.717, 1.165) is 24.9 Å². The topological polar surface area (TPSA) is 21.3 Å². The average molecular weight is 352 g/mol. The van der Waals surface area contributed by atoms with Gasteiger partial charge in [-0.2, -0.15) is 0 Å². The van der Waals surface area contributed by atoms with Gasteiger partial charge >= 0.3 is 0 Å². The van der Waals surface area contributed by atoms with E-state index in [4.69, 9.17) is 4.74 Å². The van der Waals surface area contributed by atoms with Crippen molar-refractivity contribution < 1.29 is 4.74 Å². The minimum Gasteiger partial charge on any atom is -0.493 e. The Balaban J connectivity index is 1.71. The molecule has 1 N–H and O–H groups in total. The third-order valence-corrected chi connectivity index (χ3v) is 5.37. The molecule has 2 aliphatic rings. The van der Waals surface area contributed by atoms with Gasteiger partial charge in [0, 0.05) is 16.9 Å². The van der Waals surface area contributed by atoms with Gasteiger partial charge in [0.15, 0.2) is 0 Å². The van der Waals surface area contributed by atoms with Gasteiger partial charge in [-0.15, -0.1) is 0 Å². The number of rotatable bonds is 5. The van der Waals surface area contributed by atoms with E-state index < -0.39 is 0 Å². The predicted molar refractivity (Wildman–Crippen MR) is 91.0 cm³/mol. The monoisotopic (exact) mass is 351 g/mol. The molecule has 21 heavy (non-hydrogen) atoms. The molecule has 1 aliphatic heterocycles. The normalized spacial score (nSPS) is 24.4. The van der Waals surface area contributed by atoms with Gasteiger partial charge in [-0.3, -0.25) is 0 Å². The second-order valence-electron chi connectivity index (χ2n) is 6.87. The van der Waals surface area contributed by atoms with Crippen LogP contribution in [0.3, 0.4) is 0 Å². The Bertz CT molecular complexity index is 500. The summed E-state index contributed by atoms with van der Waals surface area (Å²) < 4.78 is 7.10. The highest BCUT2D eigenvalue weighted by molar-refractivity contribution is 9.10. The van der Waals surface area contributed by atoms with Crippen LogP contribution in [0.25, 0.3) is 0 Å². The molecule has 1 heterocycles. The van der Waals surface area contributed by atoms with Crippen LogP contribution in [0.1, 0.15) is 44.2 Å². The minimum atomic E-state index is 0.588. The van der Waals surface area contributed by atoms with Gasteiger partial charge < -0.3 is 10.1 Å². The fourth-order valence-electron chi connectivity index (χ4n) is 3.82. The maximum Gasteiger partial charge on any atom is 0.125 e. The number of hydrogen-bond donors (Lipinski definition) is 1. The van der Waals surface area contributed by atoms with Crippen molar-refractivity contribution >= 4 is 15.9 Å². The highest BCUT2D eigenvalue weighted by Gasteiger charge is 2.29. The Morgan fingerprint density at radius 2 is 2.10 bits per heavy atom. The first-order chi connectivity index (χ1) is 10.1. The van der Waals surface area contributed by atoms with E-state index in [0.29, 0.717) is 6.04 Å². The van der Waals surface area contributed by atoms with Crippen LogP contribution in [0, 0.1) is 11.8 Å². The Kier molecular flexibility index (Phi) is 4.90. The standard InChI is InChI=1S/C18H26BrNO/c1-12(2)20-11-15-5-3-4-13(15)8-16-10-17(19)9-14-6-7-21-18(14)16/h9-10,12-13,15,20H,3-8,11H2,1-2H3. The van der Waals surface area contributed by atoms with Crippen LogP contribution in [0.5, 0.6) is 5.75 Å². The highest BCUT2D eigenvalue weighted by atomic mass is 79.9. The summed E-state index contributed by atoms with van der Waals surface area (Å²) in [5.41, 5.74) is 2.80. The summed E-state index contributed by atoms with van der Waals surface area (Å²) in [5.74, 6) is 2.81. The molecule has 0 spiro atoms. The largest absolute Gasteiger partial charge is 0.493 e. The molecule has 1 aromatic carbocycles. The zero-order valence-corrected chi connectivity index (χ0v) is 14.7. The van der Waals surface area contributed by atoms with Gasteiger partial charge in [-0.05, 0) is 60.9 Å². The molecular formula is C18H26BrNO. The SMILES string of the molecule is CC(C)NCC1CCCC1Cc1cc(Br)cc2c1OCC2. The molecule has 0 bridgehead atoms. The van der Waals surface area contributed by atoms with Crippen LogP contribution in [-0.4, -0.2) is 19.2 Å². The van der Waals surface area contributed by atoms with Crippen molar-refractivity contribution in [3.8, 4) is 5.75 Å². The number of fused-ring (bicyclic) bond motifs is 1. The van der Waals surface area contributed by atoms with Crippen LogP contribution < -0.4 is 10.1 Å². The van der Waals surface area contributed by atoms with Crippen LogP contribution in [0.15, 0.2) is 16.6 Å². The summed E-state index contributed by atoms with van der Waals surface area (Å²) in [5, 5.41) is 3.63. The quantitative estimate of drug-likeness (QED) is 0.851. The number of halogens is 1. The van der Waals surface area contributed by atoms with Gasteiger partial charge in [0.1, 0.15) is 5.75 Å². The molecule has 0 amide bonds. The molecule has 2 nitrogen and oxygen atoms in total. The van der Waals surface area contributed by atoms with Crippen LogP contribution in [0.2, 0.25) is 0 Å². The first kappa shape index (κ1) is 15.4. The zero-order chi connectivity index (χ0) is 14.8. The molecule has 0 radical (unpaired) electrons. The van der Waals surface area contributed by atoms with Crippen molar-refractivity contribution in [2.75, 3.05) is 13.2 Å². The number of benzene rings is 1. The zero-order valence-electron chi connectivity index (χ0n) is 13.1. The van der Waals surface area contributed by atoms with E-state index in [1.165, 1.54) is 53.6 Å². The van der Waals surface area contributed by atoms with Crippen molar-refractivity contribution in [1.29, 1.82) is 0 Å². The molecule has 2 unspecified atom stereocenters. The lowest BCUT2D eigenvalue weighted by atomic mass is 9.88. The van der Waals surface area contributed by atoms with E-state index >= 15 is 0 Å². The number of ether oxygens (including phenoxy) is 1. The van der Waals surface area contributed by atoms with Crippen LogP contribution in [-0.2, 0) is 12.8 Å². The van der Waals surface area contributed by atoms with Gasteiger partial charge in [0.25, 0.3) is 0 Å². The van der Waals surface area contributed by atoms with Gasteiger partial charge in [-0.25, -0.2) is 0 Å². The van der Waals surface area contributed by atoms with E-state index in [2.05, 4.69) is 47.2 Å². The first-order valence-electron chi connectivity index (χ1n) is 8.31. The lowest BCUT2D eigenvalue weighted by Crippen LogP contribution is -2.31. The molecule has 116 valence electrons. The first-order valence-corrected chi connectivity index (χ1v) is 9.10. The maximum absolute atomic E-state index is 5.89. The van der Waals surface area contributed by atoms with Crippen molar-refractivity contribution in [3.63, 3.8) is 0 Å². The second-order valence-corrected chi connectivity index (χ2v) is 7.79. The summed E-state index contributed by atoms with van der Waals surface area (Å²) in [4.78, 5) is 0. The summed E-state index contributed by atoms with van der Waals surface area (Å²) in [6, 6.07) is 5.08. The summed E-state index contributed by atoms with van der Waals surface area (Å²) in [6.45, 7) is 6.49. The lowest BCUT2D eigenvalue weighted by molar-refractivity contribution is 0.334. The molecule has 1 fully saturated rings. The molecule has 1 saturated carbocycles. The number of nitrogens with one attached hydrogen (secondary N) is 1. The molecular weight excluding hydrogens is 326 g/mol. The number of hydrogen-bond acceptors (Lipinski definition) is 2. The van der Waals surface area contributed by atoms with Gasteiger partial charge in [0.2, 0.25) is 0 Å². The molecule has 1 aliphatic carbocycles. The maximum atomic E-state index is 5.89. The third kappa shape index (κ3) is 3.62. The van der Waals surface area contributed by atoms with Crippen LogP contribution in [0.4, 0.5) is 0 Å². The van der Waals surface area contributed by atoms with Crippen molar-refractivity contribution in [2.45, 2.75) is 52.0 Å². The van der Waals surface area contributed by atoms with E-state index in [9.17, 15) is 0 Å². The Morgan fingerprint density at radius 1 is 1.29 bits per heavy atom. The Morgan fingerprint density at radius 3 is 2.90 bits per heavy atom. The Labute approximate surface area is 136 Å². The highest BCUT2D eigenvalue weighted by Crippen LogP contribution is 2.39. The molecule has 3 rings (SSSR count). The third-order valence-electron chi connectivity index (χ3n) is 4.91. The Hall–Kier alpha value is -0.540.